The number of rotatable bonds is 4. The largest absolute Gasteiger partial charge is 0.492 e. The van der Waals surface area contributed by atoms with E-state index in [9.17, 15) is 4.39 Å². The van der Waals surface area contributed by atoms with Crippen molar-refractivity contribution in [2.75, 3.05) is 20.2 Å². The second-order valence-electron chi connectivity index (χ2n) is 3.17. The molecule has 1 aromatic carbocycles. The number of hydrogen-bond acceptors (Lipinski definition) is 3. The Hall–Kier alpha value is -1.40. The summed E-state index contributed by atoms with van der Waals surface area (Å²) in [7, 11) is 1.80. The summed E-state index contributed by atoms with van der Waals surface area (Å²) in [6.45, 7) is 1.05. The Balaban J connectivity index is 2.30. The van der Waals surface area contributed by atoms with Crippen molar-refractivity contribution in [1.29, 1.82) is 0 Å². The second kappa shape index (κ2) is 6.24. The van der Waals surface area contributed by atoms with Crippen LogP contribution in [-0.2, 0) is 0 Å². The van der Waals surface area contributed by atoms with Gasteiger partial charge in [0.1, 0.15) is 18.2 Å². The molecule has 1 rings (SSSR count). The first-order valence-corrected chi connectivity index (χ1v) is 5.14. The maximum atomic E-state index is 12.6. The van der Waals surface area contributed by atoms with Gasteiger partial charge in [-0.25, -0.2) is 10.2 Å². The van der Waals surface area contributed by atoms with Gasteiger partial charge in [0.15, 0.2) is 5.11 Å². The summed E-state index contributed by atoms with van der Waals surface area (Å²) in [6.07, 6.45) is 0. The van der Waals surface area contributed by atoms with Gasteiger partial charge in [-0.3, -0.25) is 0 Å². The lowest BCUT2D eigenvalue weighted by atomic mass is 10.3. The van der Waals surface area contributed by atoms with E-state index >= 15 is 0 Å². The first-order chi connectivity index (χ1) is 7.63. The van der Waals surface area contributed by atoms with Crippen molar-refractivity contribution < 1.29 is 9.13 Å². The molecular weight excluding hydrogens is 229 g/mol. The van der Waals surface area contributed by atoms with E-state index in [0.29, 0.717) is 24.0 Å². The average molecular weight is 243 g/mol. The van der Waals surface area contributed by atoms with Crippen molar-refractivity contribution in [3.63, 3.8) is 0 Å². The Kier molecular flexibility index (Phi) is 4.94. The number of halogens is 1. The van der Waals surface area contributed by atoms with E-state index in [-0.39, 0.29) is 5.82 Å². The Bertz CT molecular complexity index is 344. The predicted molar refractivity (Wildman–Crippen MR) is 64.4 cm³/mol. The fourth-order valence-electron chi connectivity index (χ4n) is 1.04. The number of nitrogens with one attached hydrogen (secondary N) is 1. The predicted octanol–water partition coefficient (Wildman–Crippen LogP) is 0.885. The molecule has 0 saturated heterocycles. The Morgan fingerprint density at radius 3 is 2.69 bits per heavy atom. The third kappa shape index (κ3) is 4.00. The number of thiocarbonyl (C=S) groups is 1. The molecule has 0 aliphatic heterocycles. The maximum Gasteiger partial charge on any atom is 0.183 e. The molecule has 16 heavy (non-hydrogen) atoms. The van der Waals surface area contributed by atoms with Gasteiger partial charge in [0.25, 0.3) is 0 Å². The van der Waals surface area contributed by atoms with Crippen LogP contribution in [0.1, 0.15) is 0 Å². The third-order valence-corrected chi connectivity index (χ3v) is 2.41. The maximum absolute atomic E-state index is 12.6. The minimum absolute atomic E-state index is 0.280. The van der Waals surface area contributed by atoms with Gasteiger partial charge in [0.05, 0.1) is 6.54 Å². The van der Waals surface area contributed by atoms with Crippen LogP contribution < -0.4 is 16.0 Å². The van der Waals surface area contributed by atoms with Gasteiger partial charge in [-0.2, -0.15) is 0 Å². The Labute approximate surface area is 99.1 Å². The van der Waals surface area contributed by atoms with Crippen molar-refractivity contribution in [1.82, 2.24) is 10.3 Å². The van der Waals surface area contributed by atoms with E-state index in [2.05, 4.69) is 5.43 Å². The van der Waals surface area contributed by atoms with Crippen molar-refractivity contribution in [2.45, 2.75) is 0 Å². The molecule has 0 spiro atoms. The molecule has 88 valence electrons. The highest BCUT2D eigenvalue weighted by atomic mass is 32.1. The molecule has 0 aliphatic carbocycles. The van der Waals surface area contributed by atoms with Gasteiger partial charge >= 0.3 is 0 Å². The van der Waals surface area contributed by atoms with Gasteiger partial charge in [0, 0.05) is 7.05 Å². The standard InChI is InChI=1S/C10H14FN3OS/c1-14(10(16)13-12)6-7-15-9-4-2-8(11)3-5-9/h2-5H,6-7,12H2,1H3,(H,13,16). The number of likely N-dealkylation sites (N-methyl/N-ethyl adjacent to an activating group) is 1. The molecule has 0 aromatic heterocycles. The summed E-state index contributed by atoms with van der Waals surface area (Å²) in [5.74, 6) is 5.50. The summed E-state index contributed by atoms with van der Waals surface area (Å²) < 4.78 is 18.0. The van der Waals surface area contributed by atoms with Gasteiger partial charge in [-0.1, -0.05) is 0 Å². The van der Waals surface area contributed by atoms with E-state index < -0.39 is 0 Å². The van der Waals surface area contributed by atoms with Crippen molar-refractivity contribution in [3.8, 4) is 5.75 Å². The summed E-state index contributed by atoms with van der Waals surface area (Å²) in [6, 6.07) is 5.86. The molecule has 6 heteroatoms. The van der Waals surface area contributed by atoms with Crippen LogP contribution in [0.3, 0.4) is 0 Å². The summed E-state index contributed by atoms with van der Waals surface area (Å²) in [4.78, 5) is 1.75. The van der Waals surface area contributed by atoms with Gasteiger partial charge in [-0.15, -0.1) is 0 Å². The lowest BCUT2D eigenvalue weighted by Crippen LogP contribution is -2.42. The minimum Gasteiger partial charge on any atom is -0.492 e. The van der Waals surface area contributed by atoms with E-state index in [0.717, 1.165) is 0 Å². The SMILES string of the molecule is CN(CCOc1ccc(F)cc1)C(=S)NN. The van der Waals surface area contributed by atoms with Crippen LogP contribution in [0.5, 0.6) is 5.75 Å². The molecule has 4 nitrogen and oxygen atoms in total. The highest BCUT2D eigenvalue weighted by Gasteiger charge is 2.01. The highest BCUT2D eigenvalue weighted by Crippen LogP contribution is 2.10. The molecule has 0 aliphatic rings. The third-order valence-electron chi connectivity index (χ3n) is 1.98. The van der Waals surface area contributed by atoms with Crippen molar-refractivity contribution in [3.05, 3.63) is 30.1 Å². The van der Waals surface area contributed by atoms with Gasteiger partial charge in [0.2, 0.25) is 0 Å². The molecule has 0 heterocycles. The van der Waals surface area contributed by atoms with Crippen LogP contribution in [-0.4, -0.2) is 30.2 Å². The fraction of sp³-hybridized carbons (Fsp3) is 0.300. The van der Waals surface area contributed by atoms with Crippen LogP contribution in [0.2, 0.25) is 0 Å². The number of hydrogen-bond donors (Lipinski definition) is 2. The quantitative estimate of drug-likeness (QED) is 0.467. The van der Waals surface area contributed by atoms with Crippen LogP contribution in [0.25, 0.3) is 0 Å². The molecular formula is C10H14FN3OS. The van der Waals surface area contributed by atoms with Crippen LogP contribution in [0.15, 0.2) is 24.3 Å². The lowest BCUT2D eigenvalue weighted by Gasteiger charge is -2.19. The molecule has 0 atom stereocenters. The zero-order valence-electron chi connectivity index (χ0n) is 8.94. The minimum atomic E-state index is -0.280. The van der Waals surface area contributed by atoms with Crippen LogP contribution in [0.4, 0.5) is 4.39 Å². The molecule has 0 amide bonds. The lowest BCUT2D eigenvalue weighted by molar-refractivity contribution is 0.283. The number of benzene rings is 1. The number of hydrazine groups is 1. The highest BCUT2D eigenvalue weighted by molar-refractivity contribution is 7.80. The zero-order chi connectivity index (χ0) is 12.0. The van der Waals surface area contributed by atoms with E-state index in [4.69, 9.17) is 22.8 Å². The molecule has 0 bridgehead atoms. The fourth-order valence-corrected chi connectivity index (χ4v) is 1.13. The van der Waals surface area contributed by atoms with Crippen LogP contribution in [0, 0.1) is 5.82 Å². The molecule has 1 aromatic rings. The van der Waals surface area contributed by atoms with Gasteiger partial charge in [-0.05, 0) is 36.5 Å². The summed E-state index contributed by atoms with van der Waals surface area (Å²) in [5, 5.41) is 0.447. The summed E-state index contributed by atoms with van der Waals surface area (Å²) >= 11 is 4.91. The first kappa shape index (κ1) is 12.7. The molecule has 3 N–H and O–H groups in total. The van der Waals surface area contributed by atoms with Gasteiger partial charge < -0.3 is 15.1 Å². The van der Waals surface area contributed by atoms with Crippen LogP contribution >= 0.6 is 12.2 Å². The van der Waals surface area contributed by atoms with Crippen molar-refractivity contribution in [2.24, 2.45) is 5.84 Å². The molecule has 0 radical (unpaired) electrons. The first-order valence-electron chi connectivity index (χ1n) is 4.73. The molecule has 0 saturated carbocycles. The topological polar surface area (TPSA) is 50.5 Å². The smallest absolute Gasteiger partial charge is 0.183 e. The molecule has 0 unspecified atom stereocenters. The second-order valence-corrected chi connectivity index (χ2v) is 3.56. The monoisotopic (exact) mass is 243 g/mol. The zero-order valence-corrected chi connectivity index (χ0v) is 9.76. The average Bonchev–Trinajstić information content (AvgIpc) is 2.30. The molecule has 0 fully saturated rings. The normalized spacial score (nSPS) is 9.69. The van der Waals surface area contributed by atoms with E-state index in [1.54, 1.807) is 24.1 Å². The number of nitrogens with zero attached hydrogens (tertiary/aromatic N) is 1. The Morgan fingerprint density at radius 1 is 1.50 bits per heavy atom. The number of ether oxygens (including phenoxy) is 1. The summed E-state index contributed by atoms with van der Waals surface area (Å²) in [5.41, 5.74) is 2.37. The van der Waals surface area contributed by atoms with E-state index in [1.807, 2.05) is 0 Å². The van der Waals surface area contributed by atoms with E-state index in [1.165, 1.54) is 12.1 Å². The Morgan fingerprint density at radius 2 is 2.12 bits per heavy atom. The number of nitrogens with two attached hydrogens (primary N) is 1. The van der Waals surface area contributed by atoms with Crippen molar-refractivity contribution >= 4 is 17.3 Å².